The number of nitrogens with two attached hydrogens (primary N) is 1. The van der Waals surface area contributed by atoms with Crippen molar-refractivity contribution in [2.75, 3.05) is 0 Å². The lowest BCUT2D eigenvalue weighted by Gasteiger charge is -2.15. The highest BCUT2D eigenvalue weighted by Crippen LogP contribution is 2.37. The molecule has 82 valence electrons. The van der Waals surface area contributed by atoms with Crippen molar-refractivity contribution in [2.24, 2.45) is 5.73 Å². The Morgan fingerprint density at radius 3 is 2.60 bits per heavy atom. The van der Waals surface area contributed by atoms with Crippen LogP contribution in [0.25, 0.3) is 0 Å². The smallest absolute Gasteiger partial charge is 0.0277 e. The number of hydrogen-bond donors (Lipinski definition) is 1. The number of rotatable bonds is 3. The van der Waals surface area contributed by atoms with Gasteiger partial charge in [0.2, 0.25) is 0 Å². The van der Waals surface area contributed by atoms with Crippen LogP contribution in [0.2, 0.25) is 0 Å². The topological polar surface area (TPSA) is 26.0 Å². The lowest BCUT2D eigenvalue weighted by Crippen LogP contribution is -2.07. The van der Waals surface area contributed by atoms with E-state index >= 15 is 0 Å². The molecule has 2 heteroatoms. The van der Waals surface area contributed by atoms with Gasteiger partial charge in [-0.05, 0) is 31.4 Å². The molecular formula is C13H19NS. The second kappa shape index (κ2) is 5.04. The molecule has 0 spiro atoms. The largest absolute Gasteiger partial charge is 0.324 e. The average Bonchev–Trinajstić information content (AvgIpc) is 2.71. The van der Waals surface area contributed by atoms with Gasteiger partial charge in [-0.1, -0.05) is 31.0 Å². The van der Waals surface area contributed by atoms with Crippen LogP contribution < -0.4 is 5.73 Å². The molecule has 1 aliphatic carbocycles. The summed E-state index contributed by atoms with van der Waals surface area (Å²) in [5, 5.41) is 0.824. The lowest BCUT2D eigenvalue weighted by atomic mass is 10.1. The highest BCUT2D eigenvalue weighted by molar-refractivity contribution is 8.00. The summed E-state index contributed by atoms with van der Waals surface area (Å²) in [4.78, 5) is 1.39. The Hall–Kier alpha value is -0.470. The Morgan fingerprint density at radius 1 is 1.27 bits per heavy atom. The molecule has 0 aliphatic heterocycles. The van der Waals surface area contributed by atoms with Crippen molar-refractivity contribution in [3.63, 3.8) is 0 Å². The van der Waals surface area contributed by atoms with Crippen LogP contribution in [0.3, 0.4) is 0 Å². The van der Waals surface area contributed by atoms with Gasteiger partial charge in [-0.2, -0.15) is 0 Å². The molecule has 1 nitrogen and oxygen atoms in total. The minimum atomic E-state index is 0.148. The third-order valence-corrected chi connectivity index (χ3v) is 4.44. The highest BCUT2D eigenvalue weighted by Gasteiger charge is 2.17. The van der Waals surface area contributed by atoms with E-state index in [2.05, 4.69) is 31.2 Å². The van der Waals surface area contributed by atoms with E-state index in [0.717, 1.165) is 5.25 Å². The van der Waals surface area contributed by atoms with Gasteiger partial charge in [-0.15, -0.1) is 11.8 Å². The summed E-state index contributed by atoms with van der Waals surface area (Å²) in [5.41, 5.74) is 7.28. The minimum Gasteiger partial charge on any atom is -0.324 e. The highest BCUT2D eigenvalue weighted by atomic mass is 32.2. The Bertz CT molecular complexity index is 316. The fourth-order valence-corrected chi connectivity index (χ4v) is 3.63. The maximum atomic E-state index is 5.98. The van der Waals surface area contributed by atoms with Crippen molar-refractivity contribution in [2.45, 2.75) is 48.8 Å². The van der Waals surface area contributed by atoms with Gasteiger partial charge in [0.05, 0.1) is 0 Å². The van der Waals surface area contributed by atoms with E-state index in [4.69, 9.17) is 5.73 Å². The molecule has 0 saturated heterocycles. The Kier molecular flexibility index (Phi) is 3.71. The molecule has 0 aromatic heterocycles. The van der Waals surface area contributed by atoms with Gasteiger partial charge < -0.3 is 5.73 Å². The van der Waals surface area contributed by atoms with E-state index in [1.807, 2.05) is 11.8 Å². The quantitative estimate of drug-likeness (QED) is 0.841. The molecule has 1 fully saturated rings. The van der Waals surface area contributed by atoms with Crippen molar-refractivity contribution in [3.8, 4) is 0 Å². The van der Waals surface area contributed by atoms with Gasteiger partial charge >= 0.3 is 0 Å². The Balaban J connectivity index is 2.12. The van der Waals surface area contributed by atoms with Crippen LogP contribution in [0.1, 0.15) is 44.2 Å². The van der Waals surface area contributed by atoms with Crippen molar-refractivity contribution >= 4 is 11.8 Å². The molecule has 15 heavy (non-hydrogen) atoms. The van der Waals surface area contributed by atoms with Gasteiger partial charge in [0.15, 0.2) is 0 Å². The van der Waals surface area contributed by atoms with Gasteiger partial charge in [0.25, 0.3) is 0 Å². The maximum Gasteiger partial charge on any atom is 0.0277 e. The summed E-state index contributed by atoms with van der Waals surface area (Å²) in [6.45, 7) is 2.06. The fraction of sp³-hybridized carbons (Fsp3) is 0.538. The van der Waals surface area contributed by atoms with Gasteiger partial charge in [0, 0.05) is 16.2 Å². The van der Waals surface area contributed by atoms with Crippen molar-refractivity contribution in [1.29, 1.82) is 0 Å². The number of thioether (sulfide) groups is 1. The SMILES string of the molecule is CC(N)c1ccccc1SC1CCCC1. The first kappa shape index (κ1) is 11.0. The molecule has 1 aromatic carbocycles. The molecule has 0 heterocycles. The molecule has 0 amide bonds. The molecule has 0 bridgehead atoms. The monoisotopic (exact) mass is 221 g/mol. The molecule has 1 unspecified atom stereocenters. The molecular weight excluding hydrogens is 202 g/mol. The second-order valence-corrected chi connectivity index (χ2v) is 5.69. The Labute approximate surface area is 96.4 Å². The first-order valence-corrected chi connectivity index (χ1v) is 6.66. The molecule has 1 atom stereocenters. The third kappa shape index (κ3) is 2.76. The zero-order chi connectivity index (χ0) is 10.7. The lowest BCUT2D eigenvalue weighted by molar-refractivity contribution is 0.795. The molecule has 2 rings (SSSR count). The van der Waals surface area contributed by atoms with E-state index in [0.29, 0.717) is 0 Å². The molecule has 1 aliphatic rings. The van der Waals surface area contributed by atoms with E-state index in [-0.39, 0.29) is 6.04 Å². The minimum absolute atomic E-state index is 0.148. The summed E-state index contributed by atoms with van der Waals surface area (Å²) >= 11 is 2.03. The summed E-state index contributed by atoms with van der Waals surface area (Å²) in [6.07, 6.45) is 5.55. The van der Waals surface area contributed by atoms with Crippen LogP contribution in [0.15, 0.2) is 29.2 Å². The van der Waals surface area contributed by atoms with E-state index < -0.39 is 0 Å². The first-order valence-electron chi connectivity index (χ1n) is 5.78. The molecule has 2 N–H and O–H groups in total. The predicted octanol–water partition coefficient (Wildman–Crippen LogP) is 3.74. The molecule has 0 radical (unpaired) electrons. The third-order valence-electron chi connectivity index (χ3n) is 3.01. The van der Waals surface area contributed by atoms with Crippen LogP contribution in [0.5, 0.6) is 0 Å². The molecule has 1 aromatic rings. The summed E-state index contributed by atoms with van der Waals surface area (Å²) in [6, 6.07) is 8.71. The zero-order valence-corrected chi connectivity index (χ0v) is 10.1. The van der Waals surface area contributed by atoms with Gasteiger partial charge in [-0.3, -0.25) is 0 Å². The van der Waals surface area contributed by atoms with Crippen LogP contribution in [-0.2, 0) is 0 Å². The normalized spacial score (nSPS) is 19.3. The van der Waals surface area contributed by atoms with E-state index in [9.17, 15) is 0 Å². The van der Waals surface area contributed by atoms with Crippen LogP contribution in [0, 0.1) is 0 Å². The van der Waals surface area contributed by atoms with Crippen molar-refractivity contribution in [1.82, 2.24) is 0 Å². The second-order valence-electron chi connectivity index (χ2n) is 4.35. The van der Waals surface area contributed by atoms with Gasteiger partial charge in [-0.25, -0.2) is 0 Å². The summed E-state index contributed by atoms with van der Waals surface area (Å²) in [7, 11) is 0. The van der Waals surface area contributed by atoms with E-state index in [1.54, 1.807) is 0 Å². The molecule has 1 saturated carbocycles. The van der Waals surface area contributed by atoms with Crippen LogP contribution in [-0.4, -0.2) is 5.25 Å². The Morgan fingerprint density at radius 2 is 1.93 bits per heavy atom. The average molecular weight is 221 g/mol. The van der Waals surface area contributed by atoms with Crippen LogP contribution >= 0.6 is 11.8 Å². The van der Waals surface area contributed by atoms with Crippen molar-refractivity contribution in [3.05, 3.63) is 29.8 Å². The fourth-order valence-electron chi connectivity index (χ4n) is 2.15. The summed E-state index contributed by atoms with van der Waals surface area (Å²) in [5.74, 6) is 0. The van der Waals surface area contributed by atoms with Crippen molar-refractivity contribution < 1.29 is 0 Å². The standard InChI is InChI=1S/C13H19NS/c1-10(14)12-8-4-5-9-13(12)15-11-6-2-3-7-11/h4-5,8-11H,2-3,6-7,14H2,1H3. The maximum absolute atomic E-state index is 5.98. The van der Waals surface area contributed by atoms with Gasteiger partial charge in [0.1, 0.15) is 0 Å². The number of benzene rings is 1. The number of hydrogen-bond acceptors (Lipinski definition) is 2. The predicted molar refractivity (Wildman–Crippen MR) is 67.2 cm³/mol. The first-order chi connectivity index (χ1) is 7.27. The summed E-state index contributed by atoms with van der Waals surface area (Å²) < 4.78 is 0. The zero-order valence-electron chi connectivity index (χ0n) is 9.28. The van der Waals surface area contributed by atoms with E-state index in [1.165, 1.54) is 36.1 Å². The van der Waals surface area contributed by atoms with Crippen LogP contribution in [0.4, 0.5) is 0 Å².